The number of aromatic hydroxyl groups is 2. The van der Waals surface area contributed by atoms with Crippen molar-refractivity contribution in [1.82, 2.24) is 0 Å². The number of aliphatic hydroxyl groups excluding tert-OH is 1. The van der Waals surface area contributed by atoms with Gasteiger partial charge in [0.2, 0.25) is 0 Å². The lowest BCUT2D eigenvalue weighted by Gasteiger charge is -2.28. The van der Waals surface area contributed by atoms with Gasteiger partial charge in [0, 0.05) is 12.0 Å². The van der Waals surface area contributed by atoms with Crippen molar-refractivity contribution in [3.8, 4) is 17.2 Å². The summed E-state index contributed by atoms with van der Waals surface area (Å²) in [7, 11) is 0. The number of benzene rings is 2. The molecule has 0 aliphatic carbocycles. The molecule has 5 heteroatoms. The molecule has 0 fully saturated rings. The summed E-state index contributed by atoms with van der Waals surface area (Å²) in [5, 5.41) is 30.6. The van der Waals surface area contributed by atoms with Gasteiger partial charge in [0.25, 0.3) is 0 Å². The van der Waals surface area contributed by atoms with Crippen LogP contribution in [0.4, 0.5) is 0 Å². The van der Waals surface area contributed by atoms with Gasteiger partial charge in [-0.2, -0.15) is 0 Å². The number of ketones is 1. The molecule has 0 saturated heterocycles. The van der Waals surface area contributed by atoms with Crippen LogP contribution >= 0.6 is 0 Å². The molecule has 1 aliphatic rings. The number of carbonyl (C=O) groups excluding carboxylic acids is 1. The molecule has 2 atom stereocenters. The van der Waals surface area contributed by atoms with Crippen LogP contribution in [-0.2, 0) is 6.42 Å². The van der Waals surface area contributed by atoms with Crippen molar-refractivity contribution in [2.45, 2.75) is 51.7 Å². The number of hydrogen-bond donors (Lipinski definition) is 3. The molecule has 1 aliphatic heterocycles. The lowest BCUT2D eigenvalue weighted by molar-refractivity contribution is 0.0844. The van der Waals surface area contributed by atoms with E-state index in [1.807, 2.05) is 13.8 Å². The fraction of sp³-hybridized carbons (Fsp3) is 0.320. The smallest absolute Gasteiger partial charge is 0.170 e. The molecule has 0 spiro atoms. The van der Waals surface area contributed by atoms with Crippen LogP contribution in [0.3, 0.4) is 0 Å². The van der Waals surface area contributed by atoms with Crippen molar-refractivity contribution in [3.05, 3.63) is 76.9 Å². The van der Waals surface area contributed by atoms with E-state index in [1.54, 1.807) is 30.3 Å². The zero-order valence-electron chi connectivity index (χ0n) is 17.4. The van der Waals surface area contributed by atoms with E-state index in [-0.39, 0.29) is 30.1 Å². The van der Waals surface area contributed by atoms with Crippen molar-refractivity contribution in [2.24, 2.45) is 0 Å². The molecule has 158 valence electrons. The highest BCUT2D eigenvalue weighted by Crippen LogP contribution is 2.41. The van der Waals surface area contributed by atoms with E-state index >= 15 is 0 Å². The van der Waals surface area contributed by atoms with Crippen molar-refractivity contribution in [3.63, 3.8) is 0 Å². The Kier molecular flexibility index (Phi) is 6.63. The first-order valence-electron chi connectivity index (χ1n) is 10.1. The maximum absolute atomic E-state index is 12.7. The normalized spacial score (nSPS) is 16.4. The monoisotopic (exact) mass is 408 g/mol. The average Bonchev–Trinajstić information content (AvgIpc) is 2.70. The van der Waals surface area contributed by atoms with Crippen molar-refractivity contribution < 1.29 is 24.9 Å². The molecule has 0 bridgehead atoms. The third-order valence-corrected chi connectivity index (χ3v) is 5.32. The summed E-state index contributed by atoms with van der Waals surface area (Å²) in [5.74, 6) is 0.325. The van der Waals surface area contributed by atoms with E-state index < -0.39 is 12.2 Å². The van der Waals surface area contributed by atoms with Crippen LogP contribution in [0.5, 0.6) is 17.2 Å². The number of aliphatic hydroxyl groups is 1. The van der Waals surface area contributed by atoms with Gasteiger partial charge >= 0.3 is 0 Å². The third-order valence-electron chi connectivity index (χ3n) is 5.32. The van der Waals surface area contributed by atoms with Gasteiger partial charge in [-0.25, -0.2) is 0 Å². The number of phenols is 2. The topological polar surface area (TPSA) is 87.0 Å². The molecule has 2 aromatic carbocycles. The van der Waals surface area contributed by atoms with E-state index in [4.69, 9.17) is 4.74 Å². The molecule has 30 heavy (non-hydrogen) atoms. The van der Waals surface area contributed by atoms with Crippen LogP contribution < -0.4 is 4.74 Å². The molecule has 0 saturated carbocycles. The molecule has 1 unspecified atom stereocenters. The maximum atomic E-state index is 12.7. The summed E-state index contributed by atoms with van der Waals surface area (Å²) in [4.78, 5) is 12.7. The second-order valence-corrected chi connectivity index (χ2v) is 7.96. The fourth-order valence-electron chi connectivity index (χ4n) is 3.56. The lowest BCUT2D eigenvalue weighted by atomic mass is 9.91. The average molecular weight is 408 g/mol. The van der Waals surface area contributed by atoms with Crippen molar-refractivity contribution in [1.29, 1.82) is 0 Å². The second kappa shape index (κ2) is 9.18. The summed E-state index contributed by atoms with van der Waals surface area (Å²) >= 11 is 0. The number of phenolic OH excluding ortho intramolecular Hbond substituents is 2. The Morgan fingerprint density at radius 1 is 1.20 bits per heavy atom. The van der Waals surface area contributed by atoms with Crippen molar-refractivity contribution in [2.75, 3.05) is 0 Å². The molecular formula is C25H28O5. The highest BCUT2D eigenvalue weighted by atomic mass is 16.5. The number of allylic oxidation sites excluding steroid dienone is 2. The van der Waals surface area contributed by atoms with Gasteiger partial charge in [0.15, 0.2) is 5.78 Å². The summed E-state index contributed by atoms with van der Waals surface area (Å²) in [6.45, 7) is 8.02. The third kappa shape index (κ3) is 4.92. The van der Waals surface area contributed by atoms with E-state index in [9.17, 15) is 20.1 Å². The molecule has 0 radical (unpaired) electrons. The highest BCUT2D eigenvalue weighted by molar-refractivity contribution is 6.00. The number of carbonyl (C=O) groups is 1. The zero-order chi connectivity index (χ0) is 21.8. The second-order valence-electron chi connectivity index (χ2n) is 7.96. The van der Waals surface area contributed by atoms with Gasteiger partial charge < -0.3 is 20.1 Å². The number of hydrogen-bond acceptors (Lipinski definition) is 5. The van der Waals surface area contributed by atoms with E-state index in [0.29, 0.717) is 28.9 Å². The van der Waals surface area contributed by atoms with Gasteiger partial charge in [-0.05, 0) is 62.1 Å². The molecule has 0 amide bonds. The minimum atomic E-state index is -0.860. The predicted molar refractivity (Wildman–Crippen MR) is 116 cm³/mol. The van der Waals surface area contributed by atoms with Gasteiger partial charge in [0.05, 0.1) is 18.1 Å². The fourth-order valence-corrected chi connectivity index (χ4v) is 3.56. The Labute approximate surface area is 177 Å². The van der Waals surface area contributed by atoms with Crippen LogP contribution in [0.15, 0.2) is 60.2 Å². The number of ether oxygens (including phenoxy) is 1. The van der Waals surface area contributed by atoms with Crippen LogP contribution in [0, 0.1) is 0 Å². The van der Waals surface area contributed by atoms with Gasteiger partial charge in [-0.3, -0.25) is 4.79 Å². The molecule has 2 aromatic rings. The van der Waals surface area contributed by atoms with Gasteiger partial charge in [-0.1, -0.05) is 30.4 Å². The first kappa shape index (κ1) is 21.7. The largest absolute Gasteiger partial charge is 0.508 e. The molecule has 5 nitrogen and oxygen atoms in total. The Bertz CT molecular complexity index is 968. The summed E-state index contributed by atoms with van der Waals surface area (Å²) in [5.41, 5.74) is 3.44. The first-order chi connectivity index (χ1) is 14.3. The number of Topliss-reactive ketones (excluding diaryl/α,β-unsaturated/α-hetero) is 1. The quantitative estimate of drug-likeness (QED) is 0.561. The Morgan fingerprint density at radius 2 is 1.90 bits per heavy atom. The minimum Gasteiger partial charge on any atom is -0.508 e. The summed E-state index contributed by atoms with van der Waals surface area (Å²) in [6, 6.07) is 9.53. The molecule has 0 aromatic heterocycles. The SMILES string of the molecule is C=C(CCC=C(C)C)C(O)Cc1c(O)ccc2c1O[C@H](c1ccc(O)cc1)CC2=O. The van der Waals surface area contributed by atoms with Crippen LogP contribution in [0.2, 0.25) is 0 Å². The molecule has 3 N–H and O–H groups in total. The standard InChI is InChI=1S/C25H28O5/c1-15(2)5-4-6-16(3)22(28)13-20-21(27)12-11-19-23(29)14-24(30-25(19)20)17-7-9-18(26)10-8-17/h5,7-12,22,24,26-28H,3-4,6,13-14H2,1-2H3/t22?,24-/m0/s1. The van der Waals surface area contributed by atoms with E-state index in [1.165, 1.54) is 11.6 Å². The number of fused-ring (bicyclic) bond motifs is 1. The number of rotatable bonds is 7. The summed E-state index contributed by atoms with van der Waals surface area (Å²) < 4.78 is 6.12. The lowest BCUT2D eigenvalue weighted by Crippen LogP contribution is -2.23. The highest BCUT2D eigenvalue weighted by Gasteiger charge is 2.31. The Hall–Kier alpha value is -3.05. The molecule has 3 rings (SSSR count). The van der Waals surface area contributed by atoms with E-state index in [2.05, 4.69) is 12.7 Å². The Morgan fingerprint density at radius 3 is 2.57 bits per heavy atom. The Balaban J connectivity index is 1.84. The van der Waals surface area contributed by atoms with Crippen molar-refractivity contribution >= 4 is 5.78 Å². The summed E-state index contributed by atoms with van der Waals surface area (Å²) in [6.07, 6.45) is 2.40. The van der Waals surface area contributed by atoms with Gasteiger partial charge in [0.1, 0.15) is 23.4 Å². The molecule has 1 heterocycles. The predicted octanol–water partition coefficient (Wildman–Crippen LogP) is 5.01. The van der Waals surface area contributed by atoms with E-state index in [0.717, 1.165) is 12.0 Å². The first-order valence-corrected chi connectivity index (χ1v) is 10.1. The van der Waals surface area contributed by atoms with Crippen LogP contribution in [-0.4, -0.2) is 27.2 Å². The molecular weight excluding hydrogens is 380 g/mol. The van der Waals surface area contributed by atoms with Crippen LogP contribution in [0.25, 0.3) is 0 Å². The maximum Gasteiger partial charge on any atom is 0.170 e. The minimum absolute atomic E-state index is 0.0240. The zero-order valence-corrected chi connectivity index (χ0v) is 17.4. The van der Waals surface area contributed by atoms with Crippen LogP contribution in [0.1, 0.15) is 60.7 Å². The van der Waals surface area contributed by atoms with Gasteiger partial charge in [-0.15, -0.1) is 0 Å².